The van der Waals surface area contributed by atoms with Gasteiger partial charge in [-0.05, 0) is 55.5 Å². The summed E-state index contributed by atoms with van der Waals surface area (Å²) in [6.07, 6.45) is -4.86. The van der Waals surface area contributed by atoms with Crippen LogP contribution >= 0.6 is 0 Å². The molecule has 0 bridgehead atoms. The van der Waals surface area contributed by atoms with Gasteiger partial charge in [0.2, 0.25) is 5.95 Å². The highest BCUT2D eigenvalue weighted by Crippen LogP contribution is 2.26. The van der Waals surface area contributed by atoms with E-state index >= 15 is 0 Å². The summed E-state index contributed by atoms with van der Waals surface area (Å²) >= 11 is 0. The van der Waals surface area contributed by atoms with Gasteiger partial charge < -0.3 is 19.7 Å². The van der Waals surface area contributed by atoms with Gasteiger partial charge in [0.15, 0.2) is 0 Å². The monoisotopic (exact) mass is 509 g/mol. The zero-order valence-corrected chi connectivity index (χ0v) is 19.4. The highest BCUT2D eigenvalue weighted by atomic mass is 32.2. The number of hydrogen-bond donors (Lipinski definition) is 2. The average molecular weight is 510 g/mol. The average Bonchev–Trinajstić information content (AvgIpc) is 2.80. The van der Waals surface area contributed by atoms with Gasteiger partial charge in [0, 0.05) is 36.2 Å². The van der Waals surface area contributed by atoms with Crippen molar-refractivity contribution < 1.29 is 31.1 Å². The number of sulfonamides is 1. The lowest BCUT2D eigenvalue weighted by Crippen LogP contribution is -2.37. The van der Waals surface area contributed by atoms with Gasteiger partial charge in [-0.3, -0.25) is 4.72 Å². The summed E-state index contributed by atoms with van der Waals surface area (Å²) in [5.74, 6) is 0.684. The van der Waals surface area contributed by atoms with Crippen molar-refractivity contribution in [3.8, 4) is 5.75 Å². The van der Waals surface area contributed by atoms with E-state index in [1.54, 1.807) is 30.3 Å². The number of aromatic nitrogens is 2. The van der Waals surface area contributed by atoms with E-state index < -0.39 is 22.1 Å². The Morgan fingerprint density at radius 3 is 2.23 bits per heavy atom. The normalized spacial score (nSPS) is 14.5. The molecule has 2 N–H and O–H groups in total. The summed E-state index contributed by atoms with van der Waals surface area (Å²) in [5.41, 5.74) is 1.74. The largest absolute Gasteiger partial charge is 0.573 e. The molecule has 0 unspecified atom stereocenters. The third-order valence-corrected chi connectivity index (χ3v) is 6.31. The second kappa shape index (κ2) is 9.96. The third-order valence-electron chi connectivity index (χ3n) is 4.91. The van der Waals surface area contributed by atoms with Gasteiger partial charge in [0.05, 0.1) is 18.1 Å². The van der Waals surface area contributed by atoms with Crippen LogP contribution < -0.4 is 19.7 Å². The number of hydrogen-bond acceptors (Lipinski definition) is 8. The van der Waals surface area contributed by atoms with Crippen LogP contribution in [-0.2, 0) is 14.8 Å². The van der Waals surface area contributed by atoms with Crippen molar-refractivity contribution in [1.29, 1.82) is 0 Å². The molecule has 1 aliphatic rings. The highest BCUT2D eigenvalue weighted by Gasteiger charge is 2.31. The Morgan fingerprint density at radius 1 is 0.971 bits per heavy atom. The lowest BCUT2D eigenvalue weighted by Gasteiger charge is -2.27. The van der Waals surface area contributed by atoms with Crippen LogP contribution in [0.25, 0.3) is 0 Å². The van der Waals surface area contributed by atoms with Crippen molar-refractivity contribution in [2.45, 2.75) is 18.2 Å². The molecule has 3 aromatic rings. The van der Waals surface area contributed by atoms with Crippen LogP contribution in [0, 0.1) is 6.92 Å². The lowest BCUT2D eigenvalue weighted by atomic mass is 10.3. The quantitative estimate of drug-likeness (QED) is 0.491. The molecule has 0 radical (unpaired) electrons. The zero-order chi connectivity index (χ0) is 25.1. The number of ether oxygens (including phenoxy) is 2. The molecule has 4 rings (SSSR count). The summed E-state index contributed by atoms with van der Waals surface area (Å²) in [5, 5.41) is 3.18. The first-order chi connectivity index (χ1) is 16.6. The number of morpholine rings is 1. The van der Waals surface area contributed by atoms with E-state index in [0.29, 0.717) is 43.8 Å². The Morgan fingerprint density at radius 2 is 1.60 bits per heavy atom. The number of benzene rings is 2. The van der Waals surface area contributed by atoms with E-state index in [1.807, 2.05) is 11.8 Å². The van der Waals surface area contributed by atoms with Gasteiger partial charge in [0.1, 0.15) is 11.6 Å². The summed E-state index contributed by atoms with van der Waals surface area (Å²) in [7, 11) is -4.01. The lowest BCUT2D eigenvalue weighted by molar-refractivity contribution is -0.274. The van der Waals surface area contributed by atoms with Crippen LogP contribution in [-0.4, -0.2) is 51.1 Å². The van der Waals surface area contributed by atoms with Crippen LogP contribution in [0.4, 0.5) is 36.3 Å². The highest BCUT2D eigenvalue weighted by molar-refractivity contribution is 7.92. The van der Waals surface area contributed by atoms with Gasteiger partial charge in [-0.2, -0.15) is 4.98 Å². The maximum atomic E-state index is 12.6. The van der Waals surface area contributed by atoms with Crippen LogP contribution in [0.5, 0.6) is 5.75 Å². The minimum absolute atomic E-state index is 0.207. The van der Waals surface area contributed by atoms with E-state index in [2.05, 4.69) is 24.7 Å². The number of rotatable bonds is 7. The SMILES string of the molecule is Cc1cc(Nc2ccc(NS(=O)(=O)c3ccc(OC(F)(F)F)cc3)cc2)nc(N2CCOCC2)n1. The molecule has 0 spiro atoms. The topological polar surface area (TPSA) is 106 Å². The molecule has 1 aromatic heterocycles. The van der Waals surface area contributed by atoms with Crippen molar-refractivity contribution in [2.24, 2.45) is 0 Å². The molecular weight excluding hydrogens is 487 g/mol. The third kappa shape index (κ3) is 6.73. The molecule has 2 aromatic carbocycles. The number of nitrogens with zero attached hydrogens (tertiary/aromatic N) is 3. The second-order valence-electron chi connectivity index (χ2n) is 7.62. The minimum atomic E-state index is -4.86. The molecule has 186 valence electrons. The fourth-order valence-electron chi connectivity index (χ4n) is 3.33. The van der Waals surface area contributed by atoms with E-state index in [0.717, 1.165) is 30.0 Å². The Balaban J connectivity index is 1.42. The second-order valence-corrected chi connectivity index (χ2v) is 9.30. The van der Waals surface area contributed by atoms with Gasteiger partial charge in [-0.15, -0.1) is 13.2 Å². The molecule has 0 saturated carbocycles. The molecule has 1 saturated heterocycles. The maximum Gasteiger partial charge on any atom is 0.573 e. The molecule has 0 aliphatic carbocycles. The van der Waals surface area contributed by atoms with Crippen LogP contribution in [0.1, 0.15) is 5.69 Å². The molecule has 1 fully saturated rings. The van der Waals surface area contributed by atoms with Crippen molar-refractivity contribution in [1.82, 2.24) is 9.97 Å². The summed E-state index contributed by atoms with van der Waals surface area (Å²) in [6.45, 7) is 4.51. The molecular formula is C22H22F3N5O4S. The number of anilines is 4. The van der Waals surface area contributed by atoms with E-state index in [9.17, 15) is 21.6 Å². The smallest absolute Gasteiger partial charge is 0.406 e. The Bertz CT molecular complexity index is 1260. The first-order valence-corrected chi connectivity index (χ1v) is 12.0. The molecule has 9 nitrogen and oxygen atoms in total. The molecule has 13 heteroatoms. The fourth-order valence-corrected chi connectivity index (χ4v) is 4.38. The molecule has 35 heavy (non-hydrogen) atoms. The van der Waals surface area contributed by atoms with Crippen molar-refractivity contribution >= 4 is 33.2 Å². The van der Waals surface area contributed by atoms with Crippen molar-refractivity contribution in [3.05, 3.63) is 60.3 Å². The molecule has 2 heterocycles. The van der Waals surface area contributed by atoms with Crippen LogP contribution in [0.3, 0.4) is 0 Å². The van der Waals surface area contributed by atoms with E-state index in [1.165, 1.54) is 0 Å². The minimum Gasteiger partial charge on any atom is -0.406 e. The van der Waals surface area contributed by atoms with Crippen molar-refractivity contribution in [3.63, 3.8) is 0 Å². The standard InChI is InChI=1S/C22H22F3N5O4S/c1-15-14-20(28-21(26-15)30-10-12-33-13-11-30)27-16-2-4-17(5-3-16)29-35(31,32)19-8-6-18(7-9-19)34-22(23,24)25/h2-9,14,29H,10-13H2,1H3,(H,26,27,28). The van der Waals surface area contributed by atoms with Gasteiger partial charge in [0.25, 0.3) is 10.0 Å². The van der Waals surface area contributed by atoms with Crippen LogP contribution in [0.2, 0.25) is 0 Å². The number of aryl methyl sites for hydroxylation is 1. The predicted molar refractivity (Wildman–Crippen MR) is 123 cm³/mol. The fraction of sp³-hybridized carbons (Fsp3) is 0.273. The maximum absolute atomic E-state index is 12.6. The number of alkyl halides is 3. The zero-order valence-electron chi connectivity index (χ0n) is 18.5. The van der Waals surface area contributed by atoms with Crippen LogP contribution in [0.15, 0.2) is 59.5 Å². The van der Waals surface area contributed by atoms with E-state index in [4.69, 9.17) is 4.74 Å². The molecule has 0 amide bonds. The Labute approximate surface area is 200 Å². The van der Waals surface area contributed by atoms with Gasteiger partial charge in [-0.1, -0.05) is 0 Å². The Hall–Kier alpha value is -3.58. The summed E-state index contributed by atoms with van der Waals surface area (Å²) < 4.78 is 73.5. The van der Waals surface area contributed by atoms with Gasteiger partial charge >= 0.3 is 6.36 Å². The number of halogens is 3. The first kappa shape index (κ1) is 24.5. The summed E-state index contributed by atoms with van der Waals surface area (Å²) in [4.78, 5) is 10.9. The van der Waals surface area contributed by atoms with Gasteiger partial charge in [-0.25, -0.2) is 13.4 Å². The summed E-state index contributed by atoms with van der Waals surface area (Å²) in [6, 6.07) is 12.2. The first-order valence-electron chi connectivity index (χ1n) is 10.5. The predicted octanol–water partition coefficient (Wildman–Crippen LogP) is 4.06. The van der Waals surface area contributed by atoms with E-state index in [-0.39, 0.29) is 10.6 Å². The number of nitrogens with one attached hydrogen (secondary N) is 2. The van der Waals surface area contributed by atoms with Crippen molar-refractivity contribution in [2.75, 3.05) is 41.2 Å². The molecule has 0 atom stereocenters. The molecule has 1 aliphatic heterocycles. The Kier molecular flexibility index (Phi) is 6.98.